The summed E-state index contributed by atoms with van der Waals surface area (Å²) in [5, 5.41) is 3.30. The van der Waals surface area contributed by atoms with Gasteiger partial charge in [-0.15, -0.1) is 0 Å². The van der Waals surface area contributed by atoms with Crippen LogP contribution in [0.5, 0.6) is 0 Å². The summed E-state index contributed by atoms with van der Waals surface area (Å²) in [5.74, 6) is 0.214. The van der Waals surface area contributed by atoms with E-state index >= 15 is 0 Å². The van der Waals surface area contributed by atoms with Crippen LogP contribution >= 0.6 is 0 Å². The minimum absolute atomic E-state index is 0.00152. The molecule has 0 saturated heterocycles. The summed E-state index contributed by atoms with van der Waals surface area (Å²) < 4.78 is 0. The molecule has 1 amide bonds. The summed E-state index contributed by atoms with van der Waals surface area (Å²) in [7, 11) is 0. The van der Waals surface area contributed by atoms with Crippen LogP contribution in [-0.2, 0) is 4.79 Å². The quantitative estimate of drug-likeness (QED) is 0.865. The maximum absolute atomic E-state index is 12.5. The minimum atomic E-state index is 0.00152. The van der Waals surface area contributed by atoms with Crippen molar-refractivity contribution >= 4 is 5.91 Å². The average molecular weight is 273 g/mol. The van der Waals surface area contributed by atoms with Crippen LogP contribution in [-0.4, -0.2) is 11.9 Å². The number of benzene rings is 1. The third kappa shape index (κ3) is 4.36. The van der Waals surface area contributed by atoms with Gasteiger partial charge in [0, 0.05) is 6.04 Å². The van der Waals surface area contributed by atoms with Crippen molar-refractivity contribution in [2.24, 2.45) is 0 Å². The lowest BCUT2D eigenvalue weighted by Crippen LogP contribution is -2.38. The molecule has 1 aliphatic carbocycles. The van der Waals surface area contributed by atoms with E-state index in [2.05, 4.69) is 24.4 Å². The molecule has 1 aromatic rings. The molecule has 1 aliphatic rings. The van der Waals surface area contributed by atoms with E-state index in [-0.39, 0.29) is 11.8 Å². The molecule has 1 saturated carbocycles. The summed E-state index contributed by atoms with van der Waals surface area (Å²) in [4.78, 5) is 12.5. The van der Waals surface area contributed by atoms with Crippen molar-refractivity contribution in [3.8, 4) is 0 Å². The van der Waals surface area contributed by atoms with E-state index in [0.717, 1.165) is 24.8 Å². The molecule has 20 heavy (non-hydrogen) atoms. The molecule has 1 fully saturated rings. The monoisotopic (exact) mass is 273 g/mol. The van der Waals surface area contributed by atoms with Gasteiger partial charge in [-0.3, -0.25) is 4.79 Å². The molecule has 0 aromatic heterocycles. The molecule has 1 N–H and O–H groups in total. The molecule has 1 atom stereocenters. The van der Waals surface area contributed by atoms with Gasteiger partial charge in [-0.2, -0.15) is 0 Å². The fourth-order valence-electron chi connectivity index (χ4n) is 3.16. The first-order valence-electron chi connectivity index (χ1n) is 8.16. The fraction of sp³-hybridized carbons (Fsp3) is 0.611. The summed E-state index contributed by atoms with van der Waals surface area (Å²) in [6.45, 7) is 2.09. The zero-order valence-electron chi connectivity index (χ0n) is 12.6. The van der Waals surface area contributed by atoms with E-state index in [0.29, 0.717) is 6.04 Å². The van der Waals surface area contributed by atoms with Crippen molar-refractivity contribution in [1.82, 2.24) is 5.32 Å². The highest BCUT2D eigenvalue weighted by Crippen LogP contribution is 2.22. The number of amides is 1. The first kappa shape index (κ1) is 15.1. The predicted octanol–water partition coefficient (Wildman–Crippen LogP) is 4.41. The Morgan fingerprint density at radius 3 is 2.30 bits per heavy atom. The Labute approximate surface area is 123 Å². The Kier molecular flexibility index (Phi) is 6.10. The van der Waals surface area contributed by atoms with Gasteiger partial charge < -0.3 is 5.32 Å². The standard InChI is InChI=1S/C18H27NO/c1-2-17(15-11-7-6-8-12-15)18(20)19-16-13-9-4-3-5-10-14-16/h6-8,11-12,16-17H,2-5,9-10,13-14H2,1H3,(H,19,20)/t17-/m0/s1. The van der Waals surface area contributed by atoms with E-state index in [4.69, 9.17) is 0 Å². The maximum Gasteiger partial charge on any atom is 0.227 e. The Morgan fingerprint density at radius 1 is 1.10 bits per heavy atom. The molecule has 0 radical (unpaired) electrons. The largest absolute Gasteiger partial charge is 0.353 e. The number of nitrogens with one attached hydrogen (secondary N) is 1. The highest BCUT2D eigenvalue weighted by atomic mass is 16.1. The van der Waals surface area contributed by atoms with Crippen LogP contribution in [0, 0.1) is 0 Å². The Balaban J connectivity index is 1.94. The molecule has 0 bridgehead atoms. The topological polar surface area (TPSA) is 29.1 Å². The third-order valence-corrected chi connectivity index (χ3v) is 4.38. The molecular formula is C18H27NO. The van der Waals surface area contributed by atoms with Gasteiger partial charge in [-0.25, -0.2) is 0 Å². The predicted molar refractivity (Wildman–Crippen MR) is 83.7 cm³/mol. The Morgan fingerprint density at radius 2 is 1.70 bits per heavy atom. The van der Waals surface area contributed by atoms with Gasteiger partial charge in [0.2, 0.25) is 5.91 Å². The molecule has 110 valence electrons. The Hall–Kier alpha value is -1.31. The van der Waals surface area contributed by atoms with E-state index in [1.54, 1.807) is 0 Å². The van der Waals surface area contributed by atoms with Crippen molar-refractivity contribution in [3.63, 3.8) is 0 Å². The summed E-state index contributed by atoms with van der Waals surface area (Å²) in [5.41, 5.74) is 1.14. The number of hydrogen-bond acceptors (Lipinski definition) is 1. The van der Waals surface area contributed by atoms with Crippen LogP contribution in [0.3, 0.4) is 0 Å². The molecule has 0 aliphatic heterocycles. The van der Waals surface area contributed by atoms with Crippen LogP contribution in [0.4, 0.5) is 0 Å². The molecular weight excluding hydrogens is 246 g/mol. The molecule has 0 heterocycles. The van der Waals surface area contributed by atoms with Crippen molar-refractivity contribution in [1.29, 1.82) is 0 Å². The van der Waals surface area contributed by atoms with Crippen molar-refractivity contribution in [2.75, 3.05) is 0 Å². The van der Waals surface area contributed by atoms with E-state index in [1.807, 2.05) is 18.2 Å². The number of rotatable bonds is 4. The zero-order valence-corrected chi connectivity index (χ0v) is 12.6. The Bertz CT molecular complexity index is 393. The summed E-state index contributed by atoms with van der Waals surface area (Å²) in [6.07, 6.45) is 9.68. The van der Waals surface area contributed by atoms with Gasteiger partial charge in [0.25, 0.3) is 0 Å². The van der Waals surface area contributed by atoms with Crippen LogP contribution in [0.15, 0.2) is 30.3 Å². The van der Waals surface area contributed by atoms with Crippen molar-refractivity contribution in [2.45, 2.75) is 70.3 Å². The average Bonchev–Trinajstić information content (AvgIpc) is 2.44. The van der Waals surface area contributed by atoms with E-state index in [9.17, 15) is 4.79 Å². The molecule has 2 nitrogen and oxygen atoms in total. The SMILES string of the molecule is CC[C@H](C(=O)NC1CCCCCCC1)c1ccccc1. The highest BCUT2D eigenvalue weighted by molar-refractivity contribution is 5.83. The van der Waals surface area contributed by atoms with Gasteiger partial charge in [0.15, 0.2) is 0 Å². The van der Waals surface area contributed by atoms with Gasteiger partial charge in [0.1, 0.15) is 0 Å². The summed E-state index contributed by atoms with van der Waals surface area (Å²) >= 11 is 0. The second-order valence-electron chi connectivity index (χ2n) is 5.92. The van der Waals surface area contributed by atoms with E-state index < -0.39 is 0 Å². The zero-order chi connectivity index (χ0) is 14.2. The number of carbonyl (C=O) groups is 1. The third-order valence-electron chi connectivity index (χ3n) is 4.38. The second-order valence-corrected chi connectivity index (χ2v) is 5.92. The van der Waals surface area contributed by atoms with Crippen LogP contribution < -0.4 is 5.32 Å². The van der Waals surface area contributed by atoms with Gasteiger partial charge in [0.05, 0.1) is 5.92 Å². The molecule has 2 rings (SSSR count). The van der Waals surface area contributed by atoms with Crippen LogP contribution in [0.1, 0.15) is 69.8 Å². The number of carbonyl (C=O) groups excluding carboxylic acids is 1. The smallest absolute Gasteiger partial charge is 0.227 e. The van der Waals surface area contributed by atoms with Gasteiger partial charge in [-0.05, 0) is 24.8 Å². The lowest BCUT2D eigenvalue weighted by molar-refractivity contribution is -0.123. The first-order chi connectivity index (χ1) is 9.81. The molecule has 1 aromatic carbocycles. The molecule has 0 unspecified atom stereocenters. The van der Waals surface area contributed by atoms with Gasteiger partial charge >= 0.3 is 0 Å². The number of hydrogen-bond donors (Lipinski definition) is 1. The molecule has 2 heteroatoms. The van der Waals surface area contributed by atoms with Crippen molar-refractivity contribution in [3.05, 3.63) is 35.9 Å². The fourth-order valence-corrected chi connectivity index (χ4v) is 3.16. The normalized spacial score (nSPS) is 18.9. The van der Waals surface area contributed by atoms with Crippen molar-refractivity contribution < 1.29 is 4.79 Å². The van der Waals surface area contributed by atoms with E-state index in [1.165, 1.54) is 32.1 Å². The second kappa shape index (κ2) is 8.08. The lowest BCUT2D eigenvalue weighted by atomic mass is 9.93. The minimum Gasteiger partial charge on any atom is -0.353 e. The van der Waals surface area contributed by atoms with Gasteiger partial charge in [-0.1, -0.05) is 69.4 Å². The summed E-state index contributed by atoms with van der Waals surface area (Å²) in [6, 6.07) is 10.5. The maximum atomic E-state index is 12.5. The molecule has 0 spiro atoms. The highest BCUT2D eigenvalue weighted by Gasteiger charge is 2.21. The van der Waals surface area contributed by atoms with Crippen LogP contribution in [0.25, 0.3) is 0 Å². The first-order valence-corrected chi connectivity index (χ1v) is 8.16. The van der Waals surface area contributed by atoms with Crippen LogP contribution in [0.2, 0.25) is 0 Å². The lowest BCUT2D eigenvalue weighted by Gasteiger charge is -2.24.